The van der Waals surface area contributed by atoms with Crippen LogP contribution in [0.3, 0.4) is 0 Å². The zero-order valence-corrected chi connectivity index (χ0v) is 8.96. The van der Waals surface area contributed by atoms with Crippen molar-refractivity contribution in [1.29, 1.82) is 0 Å². The maximum absolute atomic E-state index is 12.3. The van der Waals surface area contributed by atoms with Gasteiger partial charge in [0.2, 0.25) is 0 Å². The van der Waals surface area contributed by atoms with Crippen LogP contribution in [0.1, 0.15) is 29.9 Å². The van der Waals surface area contributed by atoms with E-state index in [1.807, 2.05) is 0 Å². The fraction of sp³-hybridized carbons (Fsp3) is 0.417. The van der Waals surface area contributed by atoms with Crippen molar-refractivity contribution in [2.75, 3.05) is 6.61 Å². The highest BCUT2D eigenvalue weighted by Gasteiger charge is 2.30. The van der Waals surface area contributed by atoms with Crippen LogP contribution >= 0.6 is 0 Å². The SMILES string of the molecule is O=C1C[C@H](c2ccc(C(F)(F)F)cc2)CCO1. The van der Waals surface area contributed by atoms with E-state index in [0.29, 0.717) is 13.0 Å². The second-order valence-corrected chi connectivity index (χ2v) is 4.03. The van der Waals surface area contributed by atoms with Gasteiger partial charge in [-0.3, -0.25) is 4.79 Å². The molecule has 0 aliphatic carbocycles. The summed E-state index contributed by atoms with van der Waals surface area (Å²) in [5.41, 5.74) is 0.0919. The molecular formula is C12H11F3O2. The molecule has 0 bridgehead atoms. The molecule has 1 saturated heterocycles. The first kappa shape index (κ1) is 12.0. The Morgan fingerprint density at radius 1 is 1.18 bits per heavy atom. The third kappa shape index (κ3) is 2.78. The lowest BCUT2D eigenvalue weighted by atomic mass is 9.91. The van der Waals surface area contributed by atoms with E-state index in [-0.39, 0.29) is 18.3 Å². The second-order valence-electron chi connectivity index (χ2n) is 4.03. The molecule has 5 heteroatoms. The quantitative estimate of drug-likeness (QED) is 0.709. The molecule has 1 aromatic carbocycles. The van der Waals surface area contributed by atoms with Crippen LogP contribution in [0.4, 0.5) is 13.2 Å². The number of esters is 1. The van der Waals surface area contributed by atoms with Gasteiger partial charge in [-0.2, -0.15) is 13.2 Å². The molecule has 1 aliphatic rings. The minimum Gasteiger partial charge on any atom is -0.466 e. The third-order valence-corrected chi connectivity index (χ3v) is 2.85. The van der Waals surface area contributed by atoms with Gasteiger partial charge >= 0.3 is 12.1 Å². The summed E-state index contributed by atoms with van der Waals surface area (Å²) < 4.78 is 41.8. The summed E-state index contributed by atoms with van der Waals surface area (Å²) >= 11 is 0. The standard InChI is InChI=1S/C12H11F3O2/c13-12(14,15)10-3-1-8(2-4-10)9-5-6-17-11(16)7-9/h1-4,9H,5-7H2/t9-/m1/s1. The zero-order valence-electron chi connectivity index (χ0n) is 8.96. The number of hydrogen-bond acceptors (Lipinski definition) is 2. The minimum absolute atomic E-state index is 0.0291. The summed E-state index contributed by atoms with van der Waals surface area (Å²) in [5.74, 6) is -0.320. The normalized spacial score (nSPS) is 21.1. The number of hydrogen-bond donors (Lipinski definition) is 0. The predicted octanol–water partition coefficient (Wildman–Crippen LogP) is 3.13. The van der Waals surface area contributed by atoms with Crippen molar-refractivity contribution in [3.8, 4) is 0 Å². The van der Waals surface area contributed by atoms with Crippen molar-refractivity contribution in [1.82, 2.24) is 0 Å². The summed E-state index contributed by atoms with van der Waals surface area (Å²) in [6.45, 7) is 0.338. The first-order valence-corrected chi connectivity index (χ1v) is 5.29. The Kier molecular flexibility index (Phi) is 3.09. The topological polar surface area (TPSA) is 26.3 Å². The van der Waals surface area contributed by atoms with E-state index in [1.54, 1.807) is 0 Å². The number of rotatable bonds is 1. The highest BCUT2D eigenvalue weighted by molar-refractivity contribution is 5.71. The number of carbonyl (C=O) groups is 1. The van der Waals surface area contributed by atoms with Crippen LogP contribution in [0.15, 0.2) is 24.3 Å². The fourth-order valence-corrected chi connectivity index (χ4v) is 1.91. The lowest BCUT2D eigenvalue weighted by Crippen LogP contribution is -2.19. The van der Waals surface area contributed by atoms with E-state index in [4.69, 9.17) is 4.74 Å². The first-order chi connectivity index (χ1) is 7.97. The Hall–Kier alpha value is -1.52. The van der Waals surface area contributed by atoms with Gasteiger partial charge in [0.15, 0.2) is 0 Å². The van der Waals surface area contributed by atoms with Crippen LogP contribution in [0.2, 0.25) is 0 Å². The van der Waals surface area contributed by atoms with Crippen LogP contribution < -0.4 is 0 Å². The predicted molar refractivity (Wildman–Crippen MR) is 54.4 cm³/mol. The minimum atomic E-state index is -4.32. The smallest absolute Gasteiger partial charge is 0.416 e. The molecule has 0 unspecified atom stereocenters. The maximum Gasteiger partial charge on any atom is 0.416 e. The van der Waals surface area contributed by atoms with Crippen molar-refractivity contribution in [2.45, 2.75) is 24.9 Å². The number of ether oxygens (including phenoxy) is 1. The van der Waals surface area contributed by atoms with Crippen molar-refractivity contribution >= 4 is 5.97 Å². The third-order valence-electron chi connectivity index (χ3n) is 2.85. The Balaban J connectivity index is 2.15. The Labute approximate surface area is 96.4 Å². The number of benzene rings is 1. The molecule has 2 rings (SSSR count). The molecule has 0 saturated carbocycles. The molecular weight excluding hydrogens is 233 g/mol. The number of cyclic esters (lactones) is 1. The molecule has 92 valence electrons. The van der Waals surface area contributed by atoms with Gasteiger partial charge in [-0.15, -0.1) is 0 Å². The van der Waals surface area contributed by atoms with E-state index in [1.165, 1.54) is 12.1 Å². The summed E-state index contributed by atoms with van der Waals surface area (Å²) in [5, 5.41) is 0. The molecule has 1 aromatic rings. The fourth-order valence-electron chi connectivity index (χ4n) is 1.91. The molecule has 17 heavy (non-hydrogen) atoms. The average molecular weight is 244 g/mol. The maximum atomic E-state index is 12.3. The van der Waals surface area contributed by atoms with Crippen LogP contribution in [0, 0.1) is 0 Å². The summed E-state index contributed by atoms with van der Waals surface area (Å²) in [7, 11) is 0. The molecule has 0 spiro atoms. The molecule has 0 aromatic heterocycles. The van der Waals surface area contributed by atoms with Gasteiger partial charge in [-0.25, -0.2) is 0 Å². The number of halogens is 3. The number of carbonyl (C=O) groups excluding carboxylic acids is 1. The summed E-state index contributed by atoms with van der Waals surface area (Å²) in [6.07, 6.45) is -3.41. The van der Waals surface area contributed by atoms with Gasteiger partial charge in [0.1, 0.15) is 0 Å². The lowest BCUT2D eigenvalue weighted by molar-refractivity contribution is -0.147. The molecule has 0 radical (unpaired) electrons. The van der Waals surface area contributed by atoms with E-state index < -0.39 is 11.7 Å². The lowest BCUT2D eigenvalue weighted by Gasteiger charge is -2.21. The van der Waals surface area contributed by atoms with E-state index in [0.717, 1.165) is 17.7 Å². The van der Waals surface area contributed by atoms with Crippen molar-refractivity contribution in [3.63, 3.8) is 0 Å². The van der Waals surface area contributed by atoms with Crippen molar-refractivity contribution in [3.05, 3.63) is 35.4 Å². The van der Waals surface area contributed by atoms with Crippen LogP contribution in [0.25, 0.3) is 0 Å². The average Bonchev–Trinajstić information content (AvgIpc) is 2.28. The Morgan fingerprint density at radius 3 is 2.35 bits per heavy atom. The molecule has 2 nitrogen and oxygen atoms in total. The van der Waals surface area contributed by atoms with Gasteiger partial charge in [0.05, 0.1) is 18.6 Å². The van der Waals surface area contributed by atoms with Crippen LogP contribution in [-0.4, -0.2) is 12.6 Å². The monoisotopic (exact) mass is 244 g/mol. The van der Waals surface area contributed by atoms with E-state index in [9.17, 15) is 18.0 Å². The zero-order chi connectivity index (χ0) is 12.5. The first-order valence-electron chi connectivity index (χ1n) is 5.29. The molecule has 0 N–H and O–H groups in total. The van der Waals surface area contributed by atoms with Crippen LogP contribution in [0.5, 0.6) is 0 Å². The van der Waals surface area contributed by atoms with Crippen LogP contribution in [-0.2, 0) is 15.7 Å². The Bertz CT molecular complexity index is 409. The van der Waals surface area contributed by atoms with Gasteiger partial charge in [-0.05, 0) is 30.0 Å². The summed E-state index contributed by atoms with van der Waals surface area (Å²) in [6, 6.07) is 4.97. The van der Waals surface area contributed by atoms with Gasteiger partial charge < -0.3 is 4.74 Å². The van der Waals surface area contributed by atoms with Gasteiger partial charge in [0, 0.05) is 0 Å². The molecule has 1 aliphatic heterocycles. The largest absolute Gasteiger partial charge is 0.466 e. The molecule has 0 amide bonds. The van der Waals surface area contributed by atoms with Crippen molar-refractivity contribution < 1.29 is 22.7 Å². The number of alkyl halides is 3. The van der Waals surface area contributed by atoms with Crippen molar-refractivity contribution in [2.24, 2.45) is 0 Å². The van der Waals surface area contributed by atoms with Gasteiger partial charge in [-0.1, -0.05) is 12.1 Å². The molecule has 1 fully saturated rings. The van der Waals surface area contributed by atoms with E-state index >= 15 is 0 Å². The van der Waals surface area contributed by atoms with Gasteiger partial charge in [0.25, 0.3) is 0 Å². The highest BCUT2D eigenvalue weighted by Crippen LogP contribution is 2.32. The summed E-state index contributed by atoms with van der Waals surface area (Å²) in [4.78, 5) is 11.1. The molecule has 1 atom stereocenters. The Morgan fingerprint density at radius 2 is 1.82 bits per heavy atom. The van der Waals surface area contributed by atoms with E-state index in [2.05, 4.69) is 0 Å². The highest BCUT2D eigenvalue weighted by atomic mass is 19.4. The second kappa shape index (κ2) is 4.39. The molecule has 1 heterocycles.